The minimum Gasteiger partial charge on any atom is -0.318 e. The quantitative estimate of drug-likeness (QED) is 0.890. The zero-order valence-electron chi connectivity index (χ0n) is 10.3. The second-order valence-corrected chi connectivity index (χ2v) is 5.39. The van der Waals surface area contributed by atoms with E-state index in [-0.39, 0.29) is 17.4 Å². The smallest absolute Gasteiger partial charge is 0.277 e. The van der Waals surface area contributed by atoms with Crippen LogP contribution < -0.4 is 10.6 Å². The van der Waals surface area contributed by atoms with Crippen molar-refractivity contribution in [3.05, 3.63) is 40.4 Å². The molecule has 1 saturated heterocycles. The summed E-state index contributed by atoms with van der Waals surface area (Å²) >= 11 is 3.23. The van der Waals surface area contributed by atoms with E-state index < -0.39 is 11.7 Å². The van der Waals surface area contributed by atoms with E-state index in [9.17, 15) is 9.18 Å². The van der Waals surface area contributed by atoms with Crippen LogP contribution in [0.3, 0.4) is 0 Å². The molecule has 104 valence electrons. The van der Waals surface area contributed by atoms with E-state index >= 15 is 0 Å². The molecule has 0 radical (unpaired) electrons. The third-order valence-electron chi connectivity index (χ3n) is 3.05. The molecule has 1 amide bonds. The van der Waals surface area contributed by atoms with Crippen LogP contribution in [-0.2, 0) is 0 Å². The van der Waals surface area contributed by atoms with Gasteiger partial charge in [0.1, 0.15) is 5.82 Å². The minimum atomic E-state index is -0.503. The van der Waals surface area contributed by atoms with Crippen molar-refractivity contribution in [2.75, 3.05) is 18.4 Å². The number of nitrogens with zero attached hydrogens (tertiary/aromatic N) is 3. The molecule has 0 aliphatic carbocycles. The number of carbonyl (C=O) groups is 1. The molecular weight excluding hydrogens is 329 g/mol. The largest absolute Gasteiger partial charge is 0.318 e. The van der Waals surface area contributed by atoms with Crippen LogP contribution >= 0.6 is 15.9 Å². The number of rotatable bonds is 3. The van der Waals surface area contributed by atoms with Gasteiger partial charge in [-0.05, 0) is 18.2 Å². The monoisotopic (exact) mass is 339 g/mol. The average Bonchev–Trinajstić information content (AvgIpc) is 2.81. The fourth-order valence-corrected chi connectivity index (χ4v) is 2.16. The van der Waals surface area contributed by atoms with Gasteiger partial charge in [-0.15, -0.1) is 5.10 Å². The second kappa shape index (κ2) is 5.29. The van der Waals surface area contributed by atoms with Gasteiger partial charge in [0, 0.05) is 17.6 Å². The van der Waals surface area contributed by atoms with E-state index in [1.807, 2.05) is 0 Å². The van der Waals surface area contributed by atoms with Crippen molar-refractivity contribution >= 4 is 27.5 Å². The Hall–Kier alpha value is -1.80. The fraction of sp³-hybridized carbons (Fsp3) is 0.250. The molecule has 0 atom stereocenters. The van der Waals surface area contributed by atoms with E-state index in [1.54, 1.807) is 16.9 Å². The molecule has 0 saturated carbocycles. The van der Waals surface area contributed by atoms with Crippen LogP contribution in [0.2, 0.25) is 0 Å². The first kappa shape index (κ1) is 13.2. The first-order valence-electron chi connectivity index (χ1n) is 6.02. The Labute approximate surface area is 122 Å². The summed E-state index contributed by atoms with van der Waals surface area (Å²) in [5.74, 6) is -0.988. The Morgan fingerprint density at radius 3 is 3.00 bits per heavy atom. The van der Waals surface area contributed by atoms with Crippen molar-refractivity contribution in [3.63, 3.8) is 0 Å². The normalized spacial score (nSPS) is 14.9. The van der Waals surface area contributed by atoms with Crippen molar-refractivity contribution in [3.8, 4) is 0 Å². The molecule has 20 heavy (non-hydrogen) atoms. The molecule has 2 N–H and O–H groups in total. The molecule has 1 aromatic heterocycles. The Bertz CT molecular complexity index is 655. The van der Waals surface area contributed by atoms with E-state index in [0.29, 0.717) is 4.47 Å². The molecular formula is C12H11BrFN5O. The summed E-state index contributed by atoms with van der Waals surface area (Å²) in [6, 6.07) is 4.56. The maximum atomic E-state index is 13.6. The van der Waals surface area contributed by atoms with Gasteiger partial charge in [0.25, 0.3) is 5.91 Å². The lowest BCUT2D eigenvalue weighted by Crippen LogP contribution is -2.43. The number of benzene rings is 1. The van der Waals surface area contributed by atoms with Crippen LogP contribution in [0.1, 0.15) is 16.5 Å². The van der Waals surface area contributed by atoms with Gasteiger partial charge in [0.15, 0.2) is 5.69 Å². The van der Waals surface area contributed by atoms with Gasteiger partial charge in [-0.2, -0.15) is 0 Å². The summed E-state index contributed by atoms with van der Waals surface area (Å²) in [4.78, 5) is 12.0. The lowest BCUT2D eigenvalue weighted by atomic mass is 10.2. The summed E-state index contributed by atoms with van der Waals surface area (Å²) in [6.45, 7) is 1.62. The van der Waals surface area contributed by atoms with Crippen LogP contribution in [0.4, 0.5) is 10.1 Å². The Morgan fingerprint density at radius 1 is 1.50 bits per heavy atom. The number of aromatic nitrogens is 3. The number of anilines is 1. The highest BCUT2D eigenvalue weighted by molar-refractivity contribution is 9.10. The Morgan fingerprint density at radius 2 is 2.30 bits per heavy atom. The van der Waals surface area contributed by atoms with Crippen LogP contribution in [0.5, 0.6) is 0 Å². The summed E-state index contributed by atoms with van der Waals surface area (Å²) in [7, 11) is 0. The molecule has 1 aliphatic heterocycles. The van der Waals surface area contributed by atoms with Crippen molar-refractivity contribution in [1.82, 2.24) is 20.3 Å². The Kier molecular flexibility index (Phi) is 3.49. The van der Waals surface area contributed by atoms with Gasteiger partial charge in [-0.25, -0.2) is 9.07 Å². The number of halogens is 2. The van der Waals surface area contributed by atoms with Gasteiger partial charge in [0.05, 0.1) is 17.9 Å². The zero-order chi connectivity index (χ0) is 14.1. The molecule has 1 fully saturated rings. The highest BCUT2D eigenvalue weighted by Crippen LogP contribution is 2.20. The maximum Gasteiger partial charge on any atom is 0.277 e. The van der Waals surface area contributed by atoms with Gasteiger partial charge < -0.3 is 10.6 Å². The summed E-state index contributed by atoms with van der Waals surface area (Å²) in [5, 5.41) is 13.3. The van der Waals surface area contributed by atoms with Crippen molar-refractivity contribution in [2.24, 2.45) is 0 Å². The van der Waals surface area contributed by atoms with Crippen LogP contribution in [0.15, 0.2) is 28.9 Å². The van der Waals surface area contributed by atoms with Crippen molar-refractivity contribution in [1.29, 1.82) is 0 Å². The molecule has 3 rings (SSSR count). The molecule has 6 nitrogen and oxygen atoms in total. The first-order chi connectivity index (χ1) is 9.63. The van der Waals surface area contributed by atoms with Crippen LogP contribution in [0, 0.1) is 5.82 Å². The van der Waals surface area contributed by atoms with Gasteiger partial charge in [0.2, 0.25) is 0 Å². The number of hydrogen-bond acceptors (Lipinski definition) is 4. The van der Waals surface area contributed by atoms with Crippen molar-refractivity contribution in [2.45, 2.75) is 6.04 Å². The lowest BCUT2D eigenvalue weighted by molar-refractivity contribution is 0.102. The maximum absolute atomic E-state index is 13.6. The molecule has 1 aliphatic rings. The number of hydrogen-bond donors (Lipinski definition) is 2. The summed E-state index contributed by atoms with van der Waals surface area (Å²) in [6.07, 6.45) is 1.57. The lowest BCUT2D eigenvalue weighted by Gasteiger charge is -2.26. The molecule has 0 bridgehead atoms. The van der Waals surface area contributed by atoms with E-state index in [0.717, 1.165) is 13.1 Å². The Balaban J connectivity index is 1.75. The van der Waals surface area contributed by atoms with Crippen molar-refractivity contribution < 1.29 is 9.18 Å². The molecule has 2 aromatic rings. The zero-order valence-corrected chi connectivity index (χ0v) is 11.9. The van der Waals surface area contributed by atoms with Crippen LogP contribution in [0.25, 0.3) is 0 Å². The third-order valence-corrected chi connectivity index (χ3v) is 3.55. The fourth-order valence-electron chi connectivity index (χ4n) is 1.80. The SMILES string of the molecule is O=C(Nc1cc(Br)ccc1F)c1cn(C2CNC2)nn1. The standard InChI is InChI=1S/C12H11BrFN5O/c13-7-1-2-9(14)10(3-7)16-12(20)11-6-19(18-17-11)8-4-15-5-8/h1-3,6,8,15H,4-5H2,(H,16,20). The summed E-state index contributed by atoms with van der Waals surface area (Å²) < 4.78 is 15.9. The molecule has 0 unspecified atom stereocenters. The van der Waals surface area contributed by atoms with Gasteiger partial charge >= 0.3 is 0 Å². The van der Waals surface area contributed by atoms with Gasteiger partial charge in [-0.1, -0.05) is 21.1 Å². The van der Waals surface area contributed by atoms with E-state index in [1.165, 1.54) is 12.1 Å². The molecule has 2 heterocycles. The minimum absolute atomic E-state index is 0.101. The topological polar surface area (TPSA) is 71.8 Å². The van der Waals surface area contributed by atoms with E-state index in [2.05, 4.69) is 36.9 Å². The van der Waals surface area contributed by atoms with Crippen LogP contribution in [-0.4, -0.2) is 34.0 Å². The van der Waals surface area contributed by atoms with E-state index in [4.69, 9.17) is 0 Å². The number of amides is 1. The molecule has 1 aromatic carbocycles. The average molecular weight is 340 g/mol. The van der Waals surface area contributed by atoms with Gasteiger partial charge in [-0.3, -0.25) is 4.79 Å². The highest BCUT2D eigenvalue weighted by Gasteiger charge is 2.22. The molecule has 8 heteroatoms. The predicted octanol–water partition coefficient (Wildman–Crippen LogP) is 1.58. The summed E-state index contributed by atoms with van der Waals surface area (Å²) in [5.41, 5.74) is 0.264. The third kappa shape index (κ3) is 2.56. The first-order valence-corrected chi connectivity index (χ1v) is 6.82. The number of nitrogens with one attached hydrogen (secondary N) is 2. The highest BCUT2D eigenvalue weighted by atomic mass is 79.9. The molecule has 0 spiro atoms. The predicted molar refractivity (Wildman–Crippen MR) is 74.0 cm³/mol. The second-order valence-electron chi connectivity index (χ2n) is 4.47. The number of carbonyl (C=O) groups excluding carboxylic acids is 1.